The van der Waals surface area contributed by atoms with Gasteiger partial charge in [-0.3, -0.25) is 4.79 Å². The first kappa shape index (κ1) is 15.8. The van der Waals surface area contributed by atoms with Crippen LogP contribution in [0.4, 0.5) is 0 Å². The first-order valence-corrected chi connectivity index (χ1v) is 8.21. The van der Waals surface area contributed by atoms with Gasteiger partial charge in [-0.1, -0.05) is 25.7 Å². The number of nitrogens with one attached hydrogen (secondary N) is 1. The van der Waals surface area contributed by atoms with Crippen LogP contribution in [0, 0.1) is 0 Å². The predicted octanol–water partition coefficient (Wildman–Crippen LogP) is 1.27. The number of rotatable bonds is 6. The zero-order chi connectivity index (χ0) is 13.4. The van der Waals surface area contributed by atoms with Crippen LogP contribution in [-0.2, 0) is 4.79 Å². The molecule has 106 valence electrons. The van der Waals surface area contributed by atoms with Gasteiger partial charge < -0.3 is 16.2 Å². The Hall–Kier alpha value is -0.260. The first-order chi connectivity index (χ1) is 8.57. The van der Waals surface area contributed by atoms with Gasteiger partial charge in [-0.05, 0) is 31.3 Å². The fraction of sp³-hybridized carbons (Fsp3) is 0.923. The van der Waals surface area contributed by atoms with Gasteiger partial charge in [0.05, 0.1) is 11.6 Å². The minimum Gasteiger partial charge on any atom is -0.388 e. The highest BCUT2D eigenvalue weighted by Crippen LogP contribution is 2.26. The van der Waals surface area contributed by atoms with E-state index in [2.05, 4.69) is 5.32 Å². The molecule has 0 heterocycles. The highest BCUT2D eigenvalue weighted by molar-refractivity contribution is 7.98. The summed E-state index contributed by atoms with van der Waals surface area (Å²) in [5, 5.41) is 13.2. The van der Waals surface area contributed by atoms with E-state index in [0.717, 1.165) is 31.4 Å². The Labute approximate surface area is 114 Å². The molecule has 0 spiro atoms. The molecule has 5 heteroatoms. The number of nitrogens with two attached hydrogens (primary N) is 1. The van der Waals surface area contributed by atoms with E-state index in [1.807, 2.05) is 6.26 Å². The van der Waals surface area contributed by atoms with E-state index in [1.54, 1.807) is 11.8 Å². The average Bonchev–Trinajstić information content (AvgIpc) is 2.58. The van der Waals surface area contributed by atoms with Gasteiger partial charge in [-0.25, -0.2) is 0 Å². The fourth-order valence-electron chi connectivity index (χ4n) is 2.32. The van der Waals surface area contributed by atoms with E-state index in [-0.39, 0.29) is 5.91 Å². The summed E-state index contributed by atoms with van der Waals surface area (Å²) in [6.07, 6.45) is 8.72. The molecule has 0 bridgehead atoms. The second-order valence-corrected chi connectivity index (χ2v) is 6.23. The standard InChI is InChI=1S/C13H26N2O2S/c1-18-9-6-11(14)12(16)15-10-13(17)7-4-2-3-5-8-13/h11,17H,2-10,14H2,1H3,(H,15,16)/t11-/m0/s1. The van der Waals surface area contributed by atoms with Crippen molar-refractivity contribution in [1.29, 1.82) is 0 Å². The minimum atomic E-state index is -0.717. The highest BCUT2D eigenvalue weighted by atomic mass is 32.2. The summed E-state index contributed by atoms with van der Waals surface area (Å²) in [4.78, 5) is 11.8. The Kier molecular flexibility index (Phi) is 7.04. The second kappa shape index (κ2) is 8.02. The Morgan fingerprint density at radius 2 is 2.00 bits per heavy atom. The molecule has 0 saturated heterocycles. The summed E-state index contributed by atoms with van der Waals surface area (Å²) in [5.74, 6) is 0.750. The van der Waals surface area contributed by atoms with Gasteiger partial charge in [0.15, 0.2) is 0 Å². The van der Waals surface area contributed by atoms with Crippen molar-refractivity contribution < 1.29 is 9.90 Å². The third-order valence-corrected chi connectivity index (χ3v) is 4.24. The monoisotopic (exact) mass is 274 g/mol. The Balaban J connectivity index is 2.31. The topological polar surface area (TPSA) is 75.4 Å². The molecule has 1 aliphatic carbocycles. The molecule has 0 radical (unpaired) electrons. The van der Waals surface area contributed by atoms with E-state index in [4.69, 9.17) is 5.73 Å². The van der Waals surface area contributed by atoms with E-state index >= 15 is 0 Å². The van der Waals surface area contributed by atoms with Crippen molar-refractivity contribution in [2.24, 2.45) is 5.73 Å². The quantitative estimate of drug-likeness (QED) is 0.638. The highest BCUT2D eigenvalue weighted by Gasteiger charge is 2.28. The molecule has 4 nitrogen and oxygen atoms in total. The van der Waals surface area contributed by atoms with E-state index in [9.17, 15) is 9.90 Å². The largest absolute Gasteiger partial charge is 0.388 e. The summed E-state index contributed by atoms with van der Waals surface area (Å²) in [6.45, 7) is 0.346. The number of hydrogen-bond acceptors (Lipinski definition) is 4. The maximum Gasteiger partial charge on any atom is 0.237 e. The Morgan fingerprint density at radius 3 is 2.56 bits per heavy atom. The lowest BCUT2D eigenvalue weighted by Crippen LogP contribution is -2.48. The van der Waals surface area contributed by atoms with E-state index in [0.29, 0.717) is 13.0 Å². The molecule has 1 amide bonds. The summed E-state index contributed by atoms with van der Waals surface area (Å²) in [6, 6.07) is -0.452. The molecule has 1 fully saturated rings. The molecule has 1 rings (SSSR count). The van der Waals surface area contributed by atoms with Crippen LogP contribution in [-0.4, -0.2) is 41.2 Å². The van der Waals surface area contributed by atoms with Crippen LogP contribution in [0.25, 0.3) is 0 Å². The lowest BCUT2D eigenvalue weighted by molar-refractivity contribution is -0.123. The molecule has 18 heavy (non-hydrogen) atoms. The van der Waals surface area contributed by atoms with Gasteiger partial charge in [0.2, 0.25) is 5.91 Å². The predicted molar refractivity (Wildman–Crippen MR) is 76.6 cm³/mol. The van der Waals surface area contributed by atoms with Crippen LogP contribution < -0.4 is 11.1 Å². The van der Waals surface area contributed by atoms with Crippen molar-refractivity contribution in [3.05, 3.63) is 0 Å². The zero-order valence-corrected chi connectivity index (χ0v) is 12.1. The SMILES string of the molecule is CSCC[C@H](N)C(=O)NCC1(O)CCCCCC1. The van der Waals surface area contributed by atoms with Gasteiger partial charge in [0.1, 0.15) is 0 Å². The zero-order valence-electron chi connectivity index (χ0n) is 11.3. The molecule has 0 aromatic rings. The van der Waals surface area contributed by atoms with Gasteiger partial charge in [-0.2, -0.15) is 11.8 Å². The van der Waals surface area contributed by atoms with Crippen LogP contribution in [0.5, 0.6) is 0 Å². The first-order valence-electron chi connectivity index (χ1n) is 6.82. The van der Waals surface area contributed by atoms with Gasteiger partial charge in [0, 0.05) is 6.54 Å². The van der Waals surface area contributed by atoms with Crippen molar-refractivity contribution in [2.45, 2.75) is 56.6 Å². The third-order valence-electron chi connectivity index (χ3n) is 3.60. The average molecular weight is 274 g/mol. The van der Waals surface area contributed by atoms with Crippen molar-refractivity contribution >= 4 is 17.7 Å². The second-order valence-electron chi connectivity index (χ2n) is 5.24. The molecule has 1 saturated carbocycles. The summed E-state index contributed by atoms with van der Waals surface area (Å²) in [7, 11) is 0. The van der Waals surface area contributed by atoms with Crippen molar-refractivity contribution in [3.63, 3.8) is 0 Å². The summed E-state index contributed by atoms with van der Waals surface area (Å²) < 4.78 is 0. The Bertz CT molecular complexity index is 253. The van der Waals surface area contributed by atoms with E-state index in [1.165, 1.54) is 12.8 Å². The third kappa shape index (κ3) is 5.59. The summed E-state index contributed by atoms with van der Waals surface area (Å²) >= 11 is 1.69. The van der Waals surface area contributed by atoms with Crippen LogP contribution in [0.3, 0.4) is 0 Å². The lowest BCUT2D eigenvalue weighted by Gasteiger charge is -2.27. The van der Waals surface area contributed by atoms with Gasteiger partial charge in [0.25, 0.3) is 0 Å². The number of carbonyl (C=O) groups is 1. The molecule has 4 N–H and O–H groups in total. The molecule has 1 atom stereocenters. The van der Waals surface area contributed by atoms with Gasteiger partial charge >= 0.3 is 0 Å². The van der Waals surface area contributed by atoms with Crippen LogP contribution in [0.1, 0.15) is 44.9 Å². The smallest absolute Gasteiger partial charge is 0.237 e. The molecular formula is C13H26N2O2S. The minimum absolute atomic E-state index is 0.137. The molecular weight excluding hydrogens is 248 g/mol. The number of hydrogen-bond donors (Lipinski definition) is 3. The maximum absolute atomic E-state index is 11.8. The molecule has 0 aromatic heterocycles. The molecule has 0 unspecified atom stereocenters. The molecule has 1 aliphatic rings. The maximum atomic E-state index is 11.8. The van der Waals surface area contributed by atoms with E-state index < -0.39 is 11.6 Å². The number of aliphatic hydroxyl groups is 1. The van der Waals surface area contributed by atoms with Crippen molar-refractivity contribution in [3.8, 4) is 0 Å². The fourth-order valence-corrected chi connectivity index (χ4v) is 2.81. The molecule has 0 aromatic carbocycles. The van der Waals surface area contributed by atoms with Crippen LogP contribution in [0.15, 0.2) is 0 Å². The van der Waals surface area contributed by atoms with Crippen molar-refractivity contribution in [2.75, 3.05) is 18.6 Å². The lowest BCUT2D eigenvalue weighted by atomic mass is 9.94. The van der Waals surface area contributed by atoms with Crippen LogP contribution >= 0.6 is 11.8 Å². The Morgan fingerprint density at radius 1 is 1.39 bits per heavy atom. The number of thioether (sulfide) groups is 1. The van der Waals surface area contributed by atoms with Gasteiger partial charge in [-0.15, -0.1) is 0 Å². The summed E-state index contributed by atoms with van der Waals surface area (Å²) in [5.41, 5.74) is 5.07. The molecule has 0 aliphatic heterocycles. The normalized spacial score (nSPS) is 21.1. The van der Waals surface area contributed by atoms with Crippen molar-refractivity contribution in [1.82, 2.24) is 5.32 Å². The van der Waals surface area contributed by atoms with Crippen LogP contribution in [0.2, 0.25) is 0 Å². The number of carbonyl (C=O) groups excluding carboxylic acids is 1. The number of amides is 1.